The lowest BCUT2D eigenvalue weighted by Crippen LogP contribution is -2.33. The minimum Gasteiger partial charge on any atom is -0.378 e. The lowest BCUT2D eigenvalue weighted by Gasteiger charge is -2.20. The second kappa shape index (κ2) is 7.03. The van der Waals surface area contributed by atoms with Crippen LogP contribution < -0.4 is 10.2 Å². The van der Waals surface area contributed by atoms with Crippen LogP contribution in [0.2, 0.25) is 0 Å². The van der Waals surface area contributed by atoms with Gasteiger partial charge in [-0.2, -0.15) is 5.10 Å². The molecule has 1 aliphatic heterocycles. The predicted octanol–water partition coefficient (Wildman–Crippen LogP) is 1.87. The number of amides is 1. The molecule has 1 N–H and O–H groups in total. The molecule has 2 aromatic heterocycles. The van der Waals surface area contributed by atoms with Crippen LogP contribution in [0.3, 0.4) is 0 Å². The molecule has 1 unspecified atom stereocenters. The van der Waals surface area contributed by atoms with Crippen LogP contribution in [0.25, 0.3) is 0 Å². The third-order valence-electron chi connectivity index (χ3n) is 4.27. The Morgan fingerprint density at radius 1 is 1.35 bits per heavy atom. The Labute approximate surface area is 153 Å². The molecule has 3 rings (SSSR count). The molecule has 0 spiro atoms. The van der Waals surface area contributed by atoms with E-state index in [4.69, 9.17) is 4.74 Å². The number of aromatic nitrogens is 4. The Morgan fingerprint density at radius 3 is 2.73 bits per heavy atom. The molecule has 0 saturated carbocycles. The van der Waals surface area contributed by atoms with Crippen LogP contribution in [0.4, 0.5) is 11.5 Å². The zero-order valence-corrected chi connectivity index (χ0v) is 16.0. The molecule has 1 fully saturated rings. The number of rotatable bonds is 5. The first-order valence-electron chi connectivity index (χ1n) is 8.72. The third kappa shape index (κ3) is 3.85. The van der Waals surface area contributed by atoms with Crippen LogP contribution in [0.1, 0.15) is 38.7 Å². The molecule has 140 valence electrons. The fraction of sp³-hybridized carbons (Fsp3) is 0.556. The van der Waals surface area contributed by atoms with Gasteiger partial charge in [0.05, 0.1) is 24.2 Å². The fourth-order valence-corrected chi connectivity index (χ4v) is 2.93. The number of nitrogens with one attached hydrogen (secondary N) is 1. The smallest absolute Gasteiger partial charge is 0.249 e. The standard InChI is InChI=1S/C18H26N6O2/c1-18(2,3)17-20-12(11-26-5)8-15(22-17)21-14-6-7-24(16(14)25)13-9-19-23(4)10-13/h8-10,14H,6-7,11H2,1-5H3,(H,20,21,22). The molecule has 0 bridgehead atoms. The molecule has 1 amide bonds. The first kappa shape index (κ1) is 18.3. The van der Waals surface area contributed by atoms with E-state index in [1.54, 1.807) is 22.9 Å². The third-order valence-corrected chi connectivity index (χ3v) is 4.27. The van der Waals surface area contributed by atoms with Crippen molar-refractivity contribution in [3.8, 4) is 0 Å². The van der Waals surface area contributed by atoms with Crippen molar-refractivity contribution < 1.29 is 9.53 Å². The number of aryl methyl sites for hydroxylation is 1. The molecule has 26 heavy (non-hydrogen) atoms. The molecular formula is C18H26N6O2. The lowest BCUT2D eigenvalue weighted by molar-refractivity contribution is -0.117. The van der Waals surface area contributed by atoms with Crippen LogP contribution in [0.15, 0.2) is 18.5 Å². The van der Waals surface area contributed by atoms with Crippen LogP contribution in [-0.2, 0) is 28.6 Å². The SMILES string of the molecule is COCc1cc(NC2CCN(c3cnn(C)c3)C2=O)nc(C(C)(C)C)n1. The molecule has 8 nitrogen and oxygen atoms in total. The number of carbonyl (C=O) groups is 1. The maximum Gasteiger partial charge on any atom is 0.249 e. The summed E-state index contributed by atoms with van der Waals surface area (Å²) >= 11 is 0. The number of ether oxygens (including phenoxy) is 1. The molecule has 8 heteroatoms. The maximum atomic E-state index is 12.8. The van der Waals surface area contributed by atoms with Crippen molar-refractivity contribution in [2.24, 2.45) is 7.05 Å². The van der Waals surface area contributed by atoms with Crippen molar-refractivity contribution >= 4 is 17.4 Å². The quantitative estimate of drug-likeness (QED) is 0.878. The minimum absolute atomic E-state index is 0.0298. The lowest BCUT2D eigenvalue weighted by atomic mass is 9.95. The molecular weight excluding hydrogens is 332 g/mol. The van der Waals surface area contributed by atoms with E-state index in [0.29, 0.717) is 25.4 Å². The average molecular weight is 358 g/mol. The van der Waals surface area contributed by atoms with Crippen molar-refractivity contribution in [2.75, 3.05) is 23.9 Å². The predicted molar refractivity (Wildman–Crippen MR) is 99.0 cm³/mol. The van der Waals surface area contributed by atoms with Gasteiger partial charge >= 0.3 is 0 Å². The van der Waals surface area contributed by atoms with Gasteiger partial charge < -0.3 is 15.0 Å². The largest absolute Gasteiger partial charge is 0.378 e. The van der Waals surface area contributed by atoms with Crippen molar-refractivity contribution in [3.05, 3.63) is 30.0 Å². The number of hydrogen-bond acceptors (Lipinski definition) is 6. The van der Waals surface area contributed by atoms with Gasteiger partial charge in [-0.15, -0.1) is 0 Å². The van der Waals surface area contributed by atoms with Gasteiger partial charge in [-0.3, -0.25) is 9.48 Å². The molecule has 3 heterocycles. The van der Waals surface area contributed by atoms with Crippen LogP contribution >= 0.6 is 0 Å². The van der Waals surface area contributed by atoms with Gasteiger partial charge in [0, 0.05) is 38.4 Å². The second-order valence-corrected chi connectivity index (χ2v) is 7.60. The van der Waals surface area contributed by atoms with Gasteiger partial charge in [0.1, 0.15) is 17.7 Å². The number of methoxy groups -OCH3 is 1. The van der Waals surface area contributed by atoms with E-state index >= 15 is 0 Å². The van der Waals surface area contributed by atoms with Gasteiger partial charge in [-0.25, -0.2) is 9.97 Å². The van der Waals surface area contributed by atoms with Gasteiger partial charge in [-0.1, -0.05) is 20.8 Å². The zero-order valence-electron chi connectivity index (χ0n) is 16.0. The molecule has 0 aliphatic carbocycles. The summed E-state index contributed by atoms with van der Waals surface area (Å²) in [6, 6.07) is 1.53. The number of hydrogen-bond donors (Lipinski definition) is 1. The van der Waals surface area contributed by atoms with Gasteiger partial charge in [-0.05, 0) is 6.42 Å². The van der Waals surface area contributed by atoms with E-state index in [-0.39, 0.29) is 17.4 Å². The van der Waals surface area contributed by atoms with Crippen LogP contribution in [0, 0.1) is 0 Å². The molecule has 1 aliphatic rings. The van der Waals surface area contributed by atoms with Gasteiger partial charge in [0.15, 0.2) is 0 Å². The maximum absolute atomic E-state index is 12.8. The highest BCUT2D eigenvalue weighted by Gasteiger charge is 2.33. The summed E-state index contributed by atoms with van der Waals surface area (Å²) in [4.78, 5) is 23.7. The van der Waals surface area contributed by atoms with Crippen LogP contribution in [0.5, 0.6) is 0 Å². The Balaban J connectivity index is 1.80. The summed E-state index contributed by atoms with van der Waals surface area (Å²) in [6.07, 6.45) is 4.26. The number of nitrogens with zero attached hydrogens (tertiary/aromatic N) is 5. The summed E-state index contributed by atoms with van der Waals surface area (Å²) in [5.41, 5.74) is 1.42. The van der Waals surface area contributed by atoms with E-state index in [9.17, 15) is 4.79 Å². The highest BCUT2D eigenvalue weighted by molar-refractivity contribution is 6.00. The Bertz CT molecular complexity index is 795. The van der Waals surface area contributed by atoms with E-state index in [0.717, 1.165) is 17.2 Å². The number of carbonyl (C=O) groups excluding carboxylic acids is 1. The summed E-state index contributed by atoms with van der Waals surface area (Å²) in [6.45, 7) is 7.25. The molecule has 0 aromatic carbocycles. The Kier molecular flexibility index (Phi) is 4.95. The topological polar surface area (TPSA) is 85.2 Å². The fourth-order valence-electron chi connectivity index (χ4n) is 2.93. The number of anilines is 2. The first-order valence-corrected chi connectivity index (χ1v) is 8.72. The van der Waals surface area contributed by atoms with Gasteiger partial charge in [0.2, 0.25) is 5.91 Å². The second-order valence-electron chi connectivity index (χ2n) is 7.60. The van der Waals surface area contributed by atoms with Crippen molar-refractivity contribution in [3.63, 3.8) is 0 Å². The Hall–Kier alpha value is -2.48. The van der Waals surface area contributed by atoms with E-state index in [2.05, 4.69) is 41.2 Å². The van der Waals surface area contributed by atoms with Crippen molar-refractivity contribution in [2.45, 2.75) is 45.3 Å². The van der Waals surface area contributed by atoms with Gasteiger partial charge in [0.25, 0.3) is 0 Å². The molecule has 1 saturated heterocycles. The highest BCUT2D eigenvalue weighted by Crippen LogP contribution is 2.25. The molecule has 0 radical (unpaired) electrons. The van der Waals surface area contributed by atoms with Crippen molar-refractivity contribution in [1.82, 2.24) is 19.7 Å². The van der Waals surface area contributed by atoms with E-state index in [1.807, 2.05) is 19.3 Å². The average Bonchev–Trinajstić information content (AvgIpc) is 3.13. The summed E-state index contributed by atoms with van der Waals surface area (Å²) < 4.78 is 6.91. The molecule has 2 aromatic rings. The zero-order chi connectivity index (χ0) is 18.9. The normalized spacial score (nSPS) is 17.8. The first-order chi connectivity index (χ1) is 12.3. The monoisotopic (exact) mass is 358 g/mol. The highest BCUT2D eigenvalue weighted by atomic mass is 16.5. The summed E-state index contributed by atoms with van der Waals surface area (Å²) in [7, 11) is 3.48. The van der Waals surface area contributed by atoms with E-state index < -0.39 is 0 Å². The Morgan fingerprint density at radius 2 is 2.12 bits per heavy atom. The van der Waals surface area contributed by atoms with E-state index in [1.165, 1.54) is 0 Å². The summed E-state index contributed by atoms with van der Waals surface area (Å²) in [5, 5.41) is 7.43. The molecule has 1 atom stereocenters. The minimum atomic E-state index is -0.312. The van der Waals surface area contributed by atoms with Crippen molar-refractivity contribution in [1.29, 1.82) is 0 Å². The van der Waals surface area contributed by atoms with Crippen LogP contribution in [-0.4, -0.2) is 45.4 Å². The summed E-state index contributed by atoms with van der Waals surface area (Å²) in [5.74, 6) is 1.41.